The van der Waals surface area contributed by atoms with Crippen LogP contribution >= 0.6 is 0 Å². The fourth-order valence-corrected chi connectivity index (χ4v) is 2.37. The van der Waals surface area contributed by atoms with Crippen LogP contribution in [0.3, 0.4) is 0 Å². The topological polar surface area (TPSA) is 55.1 Å². The lowest BCUT2D eigenvalue weighted by Crippen LogP contribution is -2.32. The van der Waals surface area contributed by atoms with Crippen molar-refractivity contribution in [2.75, 3.05) is 6.54 Å². The van der Waals surface area contributed by atoms with Gasteiger partial charge in [-0.15, -0.1) is 0 Å². The van der Waals surface area contributed by atoms with E-state index in [1.807, 2.05) is 0 Å². The van der Waals surface area contributed by atoms with Crippen LogP contribution in [0.15, 0.2) is 18.2 Å². The van der Waals surface area contributed by atoms with Crippen LogP contribution in [0.25, 0.3) is 0 Å². The number of hydrogen-bond donors (Lipinski definition) is 2. The van der Waals surface area contributed by atoms with Crippen LogP contribution in [0.1, 0.15) is 35.4 Å². The summed E-state index contributed by atoms with van der Waals surface area (Å²) in [6.07, 6.45) is 1.65. The van der Waals surface area contributed by atoms with Gasteiger partial charge in [0.2, 0.25) is 5.91 Å². The number of aryl methyl sites for hydroxylation is 1. The third kappa shape index (κ3) is 2.25. The summed E-state index contributed by atoms with van der Waals surface area (Å²) in [6.45, 7) is 3.47. The van der Waals surface area contributed by atoms with Gasteiger partial charge in [-0.25, -0.2) is 0 Å². The van der Waals surface area contributed by atoms with E-state index >= 15 is 0 Å². The van der Waals surface area contributed by atoms with E-state index in [-0.39, 0.29) is 5.91 Å². The van der Waals surface area contributed by atoms with Crippen LogP contribution in [0.5, 0.6) is 0 Å². The van der Waals surface area contributed by atoms with Crippen molar-refractivity contribution >= 4 is 5.91 Å². The zero-order valence-corrected chi connectivity index (χ0v) is 9.62. The number of hydrogen-bond acceptors (Lipinski definition) is 2. The average molecular weight is 218 g/mol. The van der Waals surface area contributed by atoms with Crippen molar-refractivity contribution in [1.82, 2.24) is 5.32 Å². The maximum atomic E-state index is 11.4. The van der Waals surface area contributed by atoms with E-state index in [4.69, 9.17) is 5.73 Å². The first-order chi connectivity index (χ1) is 7.70. The van der Waals surface area contributed by atoms with Gasteiger partial charge in [-0.05, 0) is 36.0 Å². The Hall–Kier alpha value is -1.35. The van der Waals surface area contributed by atoms with Gasteiger partial charge >= 0.3 is 0 Å². The SMILES string of the molecule is Cc1cc(CN)ccc1[C@@H]1CCNC(=O)C1. The van der Waals surface area contributed by atoms with Crippen LogP contribution in [0.2, 0.25) is 0 Å². The van der Waals surface area contributed by atoms with E-state index in [1.165, 1.54) is 11.1 Å². The molecule has 1 amide bonds. The Balaban J connectivity index is 2.22. The average Bonchev–Trinajstić information content (AvgIpc) is 2.28. The third-order valence-corrected chi connectivity index (χ3v) is 3.26. The number of carbonyl (C=O) groups is 1. The minimum Gasteiger partial charge on any atom is -0.356 e. The first kappa shape index (κ1) is 11.1. The largest absolute Gasteiger partial charge is 0.356 e. The van der Waals surface area contributed by atoms with Gasteiger partial charge in [-0.1, -0.05) is 18.2 Å². The van der Waals surface area contributed by atoms with E-state index < -0.39 is 0 Å². The molecule has 3 N–H and O–H groups in total. The normalized spacial score (nSPS) is 20.6. The van der Waals surface area contributed by atoms with Crippen molar-refractivity contribution in [1.29, 1.82) is 0 Å². The molecule has 0 aliphatic carbocycles. The number of piperidine rings is 1. The van der Waals surface area contributed by atoms with Crippen molar-refractivity contribution in [3.05, 3.63) is 34.9 Å². The van der Waals surface area contributed by atoms with Crippen molar-refractivity contribution in [2.24, 2.45) is 5.73 Å². The smallest absolute Gasteiger partial charge is 0.220 e. The van der Waals surface area contributed by atoms with Crippen LogP contribution in [-0.4, -0.2) is 12.5 Å². The van der Waals surface area contributed by atoms with Crippen molar-refractivity contribution in [3.8, 4) is 0 Å². The molecule has 1 saturated heterocycles. The highest BCUT2D eigenvalue weighted by molar-refractivity contribution is 5.77. The number of nitrogens with two attached hydrogens (primary N) is 1. The Morgan fingerprint density at radius 1 is 1.50 bits per heavy atom. The highest BCUT2D eigenvalue weighted by atomic mass is 16.1. The maximum Gasteiger partial charge on any atom is 0.220 e. The summed E-state index contributed by atoms with van der Waals surface area (Å²) in [7, 11) is 0. The molecule has 1 aromatic rings. The number of carbonyl (C=O) groups excluding carboxylic acids is 1. The van der Waals surface area contributed by atoms with Crippen LogP contribution in [0, 0.1) is 6.92 Å². The lowest BCUT2D eigenvalue weighted by molar-refractivity contribution is -0.122. The fourth-order valence-electron chi connectivity index (χ4n) is 2.37. The molecular weight excluding hydrogens is 200 g/mol. The standard InChI is InChI=1S/C13H18N2O/c1-9-6-10(8-14)2-3-12(9)11-4-5-15-13(16)7-11/h2-3,6,11H,4-5,7-8,14H2,1H3,(H,15,16)/t11-/m1/s1. The quantitative estimate of drug-likeness (QED) is 0.789. The highest BCUT2D eigenvalue weighted by Crippen LogP contribution is 2.28. The van der Waals surface area contributed by atoms with Crippen LogP contribution in [-0.2, 0) is 11.3 Å². The Bertz CT molecular complexity index is 401. The van der Waals surface area contributed by atoms with E-state index in [1.54, 1.807) is 0 Å². The van der Waals surface area contributed by atoms with Gasteiger partial charge in [0.1, 0.15) is 0 Å². The molecule has 0 unspecified atom stereocenters. The number of benzene rings is 1. The van der Waals surface area contributed by atoms with E-state index in [0.717, 1.165) is 18.5 Å². The molecule has 3 heteroatoms. The first-order valence-electron chi connectivity index (χ1n) is 5.77. The van der Waals surface area contributed by atoms with Crippen LogP contribution < -0.4 is 11.1 Å². The molecule has 16 heavy (non-hydrogen) atoms. The van der Waals surface area contributed by atoms with Gasteiger partial charge in [0.05, 0.1) is 0 Å². The molecule has 0 radical (unpaired) electrons. The molecule has 1 aliphatic heterocycles. The van der Waals surface area contributed by atoms with Crippen LogP contribution in [0.4, 0.5) is 0 Å². The van der Waals surface area contributed by atoms with Crippen molar-refractivity contribution in [3.63, 3.8) is 0 Å². The van der Waals surface area contributed by atoms with E-state index in [2.05, 4.69) is 30.4 Å². The van der Waals surface area contributed by atoms with Gasteiger partial charge in [-0.2, -0.15) is 0 Å². The molecular formula is C13H18N2O. The first-order valence-corrected chi connectivity index (χ1v) is 5.77. The Labute approximate surface area is 96.0 Å². The van der Waals surface area contributed by atoms with Gasteiger partial charge in [0.25, 0.3) is 0 Å². The second-order valence-corrected chi connectivity index (χ2v) is 4.43. The molecule has 0 saturated carbocycles. The third-order valence-electron chi connectivity index (χ3n) is 3.26. The zero-order chi connectivity index (χ0) is 11.5. The van der Waals surface area contributed by atoms with Gasteiger partial charge in [-0.3, -0.25) is 4.79 Å². The highest BCUT2D eigenvalue weighted by Gasteiger charge is 2.21. The maximum absolute atomic E-state index is 11.4. The lowest BCUT2D eigenvalue weighted by atomic mass is 9.86. The van der Waals surface area contributed by atoms with E-state index in [9.17, 15) is 4.79 Å². The Kier molecular flexibility index (Phi) is 3.25. The molecule has 1 heterocycles. The summed E-state index contributed by atoms with van der Waals surface area (Å²) < 4.78 is 0. The molecule has 1 atom stereocenters. The lowest BCUT2D eigenvalue weighted by Gasteiger charge is -2.24. The molecule has 0 bridgehead atoms. The van der Waals surface area contributed by atoms with Gasteiger partial charge < -0.3 is 11.1 Å². The summed E-state index contributed by atoms with van der Waals surface area (Å²) in [5.41, 5.74) is 9.31. The summed E-state index contributed by atoms with van der Waals surface area (Å²) in [5, 5.41) is 2.86. The summed E-state index contributed by atoms with van der Waals surface area (Å²) >= 11 is 0. The predicted octanol–water partition coefficient (Wildman–Crippen LogP) is 1.45. The Morgan fingerprint density at radius 2 is 2.31 bits per heavy atom. The molecule has 1 aliphatic rings. The molecule has 1 aromatic carbocycles. The van der Waals surface area contributed by atoms with Gasteiger partial charge in [0.15, 0.2) is 0 Å². The van der Waals surface area contributed by atoms with Gasteiger partial charge in [0, 0.05) is 19.5 Å². The second kappa shape index (κ2) is 4.66. The monoisotopic (exact) mass is 218 g/mol. The molecule has 0 aromatic heterocycles. The number of amides is 1. The molecule has 0 spiro atoms. The van der Waals surface area contributed by atoms with Crippen molar-refractivity contribution in [2.45, 2.75) is 32.2 Å². The molecule has 1 fully saturated rings. The zero-order valence-electron chi connectivity index (χ0n) is 9.62. The second-order valence-electron chi connectivity index (χ2n) is 4.43. The molecule has 2 rings (SSSR count). The molecule has 3 nitrogen and oxygen atoms in total. The minimum absolute atomic E-state index is 0.165. The van der Waals surface area contributed by atoms with E-state index in [0.29, 0.717) is 18.9 Å². The summed E-state index contributed by atoms with van der Waals surface area (Å²) in [4.78, 5) is 11.4. The number of nitrogens with one attached hydrogen (secondary N) is 1. The Morgan fingerprint density at radius 3 is 2.94 bits per heavy atom. The van der Waals surface area contributed by atoms with Crippen molar-refractivity contribution < 1.29 is 4.79 Å². The summed E-state index contributed by atoms with van der Waals surface area (Å²) in [6, 6.07) is 6.32. The minimum atomic E-state index is 0.165. The predicted molar refractivity (Wildman–Crippen MR) is 64.1 cm³/mol. The number of rotatable bonds is 2. The fraction of sp³-hybridized carbons (Fsp3) is 0.462. The molecule has 86 valence electrons. The summed E-state index contributed by atoms with van der Waals surface area (Å²) in [5.74, 6) is 0.541.